The minimum absolute atomic E-state index is 0.223. The molecule has 2 aromatic carbocycles. The van der Waals surface area contributed by atoms with E-state index in [1.165, 1.54) is 11.1 Å². The fourth-order valence-corrected chi connectivity index (χ4v) is 4.57. The van der Waals surface area contributed by atoms with E-state index in [0.717, 1.165) is 35.9 Å². The molecule has 0 unspecified atom stereocenters. The summed E-state index contributed by atoms with van der Waals surface area (Å²) in [5.74, 6) is -1.50. The molecule has 5 heteroatoms. The van der Waals surface area contributed by atoms with Gasteiger partial charge < -0.3 is 4.57 Å². The van der Waals surface area contributed by atoms with Crippen molar-refractivity contribution < 1.29 is 9.59 Å². The predicted octanol–water partition coefficient (Wildman–Crippen LogP) is 3.76. The smallest absolute Gasteiger partial charge is 0.235 e. The minimum Gasteiger partial charge on any atom is -0.347 e. The molecule has 2 aliphatic heterocycles. The van der Waals surface area contributed by atoms with E-state index in [0.29, 0.717) is 5.02 Å². The summed E-state index contributed by atoms with van der Waals surface area (Å²) in [6.45, 7) is 0.946. The number of benzene rings is 2. The zero-order valence-electron chi connectivity index (χ0n) is 14.0. The van der Waals surface area contributed by atoms with Crippen molar-refractivity contribution in [2.24, 2.45) is 0 Å². The molecule has 5 rings (SSSR count). The number of amides is 2. The van der Waals surface area contributed by atoms with Crippen molar-refractivity contribution in [2.75, 3.05) is 0 Å². The first-order chi connectivity index (χ1) is 12.6. The topological polar surface area (TPSA) is 51.1 Å². The molecule has 0 saturated carbocycles. The van der Waals surface area contributed by atoms with Crippen LogP contribution in [-0.4, -0.2) is 16.4 Å². The Hall–Kier alpha value is -2.59. The van der Waals surface area contributed by atoms with Crippen molar-refractivity contribution in [3.8, 4) is 0 Å². The van der Waals surface area contributed by atoms with Crippen LogP contribution in [0.3, 0.4) is 0 Å². The highest BCUT2D eigenvalue weighted by Crippen LogP contribution is 2.42. The lowest BCUT2D eigenvalue weighted by atomic mass is 9.83. The molecule has 1 saturated heterocycles. The highest BCUT2D eigenvalue weighted by molar-refractivity contribution is 6.30. The Labute approximate surface area is 155 Å². The number of hydrogen-bond acceptors (Lipinski definition) is 2. The zero-order valence-corrected chi connectivity index (χ0v) is 14.8. The second-order valence-corrected chi connectivity index (χ2v) is 7.49. The van der Waals surface area contributed by atoms with Gasteiger partial charge in [-0.1, -0.05) is 41.9 Å². The van der Waals surface area contributed by atoms with Gasteiger partial charge >= 0.3 is 0 Å². The molecule has 3 aromatic rings. The number of para-hydroxylation sites is 1. The molecule has 0 radical (unpaired) electrons. The number of aromatic nitrogens is 1. The summed E-state index contributed by atoms with van der Waals surface area (Å²) < 4.78 is 2.23. The van der Waals surface area contributed by atoms with Gasteiger partial charge in [-0.3, -0.25) is 14.9 Å². The lowest BCUT2D eigenvalue weighted by Crippen LogP contribution is -2.21. The first-order valence-electron chi connectivity index (χ1n) is 8.84. The number of nitrogens with zero attached hydrogens (tertiary/aromatic N) is 1. The number of halogens is 1. The first kappa shape index (κ1) is 15.6. The Kier molecular flexibility index (Phi) is 3.44. The second-order valence-electron chi connectivity index (χ2n) is 7.06. The van der Waals surface area contributed by atoms with E-state index in [1.807, 2.05) is 18.2 Å². The maximum Gasteiger partial charge on any atom is 0.235 e. The summed E-state index contributed by atoms with van der Waals surface area (Å²) in [6, 6.07) is 13.5. The van der Waals surface area contributed by atoms with E-state index >= 15 is 0 Å². The van der Waals surface area contributed by atoms with E-state index in [2.05, 4.69) is 28.2 Å². The average Bonchev–Trinajstić information content (AvgIpc) is 3.14. The Balaban J connectivity index is 1.70. The molecule has 2 atom stereocenters. The van der Waals surface area contributed by atoms with Gasteiger partial charge in [-0.05, 0) is 41.7 Å². The predicted molar refractivity (Wildman–Crippen MR) is 100 cm³/mol. The molecule has 1 N–H and O–H groups in total. The minimum atomic E-state index is -0.525. The van der Waals surface area contributed by atoms with E-state index in [1.54, 1.807) is 12.1 Å². The standard InChI is InChI=1S/C21H17ClN2O2/c22-14-8-6-12(7-9-14)17-18(21(26)23-20(17)25)16-11-24-10-2-4-13-3-1-5-15(16)19(13)24/h1,3,5-9,11,17-18H,2,4,10H2,(H,23,25,26)/t17-,18-/m0/s1. The first-order valence-corrected chi connectivity index (χ1v) is 9.22. The molecule has 3 heterocycles. The number of carbonyl (C=O) groups excluding carboxylic acids is 2. The molecule has 0 aliphatic carbocycles. The van der Waals surface area contributed by atoms with Gasteiger partial charge in [0.1, 0.15) is 0 Å². The molecule has 130 valence electrons. The molecule has 0 spiro atoms. The van der Waals surface area contributed by atoms with Gasteiger partial charge in [0.2, 0.25) is 11.8 Å². The highest BCUT2D eigenvalue weighted by Gasteiger charge is 2.44. The van der Waals surface area contributed by atoms with Crippen LogP contribution in [0.1, 0.15) is 34.9 Å². The SMILES string of the molecule is O=C1NC(=O)[C@@H](c2cn3c4c(cccc24)CCC3)[C@@H]1c1ccc(Cl)cc1. The molecular formula is C21H17ClN2O2. The molecular weight excluding hydrogens is 348 g/mol. The average molecular weight is 365 g/mol. The summed E-state index contributed by atoms with van der Waals surface area (Å²) in [4.78, 5) is 25.3. The number of rotatable bonds is 2. The summed E-state index contributed by atoms with van der Waals surface area (Å²) in [7, 11) is 0. The Morgan fingerprint density at radius 3 is 2.58 bits per heavy atom. The lowest BCUT2D eigenvalue weighted by molar-refractivity contribution is -0.125. The second kappa shape index (κ2) is 5.71. The molecule has 1 fully saturated rings. The molecule has 2 aliphatic rings. The van der Waals surface area contributed by atoms with Gasteiger partial charge in [-0.2, -0.15) is 0 Å². The highest BCUT2D eigenvalue weighted by atomic mass is 35.5. The van der Waals surface area contributed by atoms with Gasteiger partial charge in [-0.25, -0.2) is 0 Å². The van der Waals surface area contributed by atoms with Crippen molar-refractivity contribution in [3.63, 3.8) is 0 Å². The largest absolute Gasteiger partial charge is 0.347 e. The summed E-state index contributed by atoms with van der Waals surface area (Å²) in [5, 5.41) is 4.22. The number of carbonyl (C=O) groups is 2. The summed E-state index contributed by atoms with van der Waals surface area (Å²) in [5.41, 5.74) is 4.27. The zero-order chi connectivity index (χ0) is 17.8. The van der Waals surface area contributed by atoms with Gasteiger partial charge in [0.05, 0.1) is 17.4 Å². The number of hydrogen-bond donors (Lipinski definition) is 1. The Morgan fingerprint density at radius 2 is 1.77 bits per heavy atom. The van der Waals surface area contributed by atoms with E-state index in [9.17, 15) is 9.59 Å². The summed E-state index contributed by atoms with van der Waals surface area (Å²) >= 11 is 5.99. The normalized spacial score (nSPS) is 22.0. The van der Waals surface area contributed by atoms with Gasteiger partial charge in [0, 0.05) is 23.2 Å². The van der Waals surface area contributed by atoms with Crippen LogP contribution in [0.5, 0.6) is 0 Å². The van der Waals surface area contributed by atoms with Crippen LogP contribution in [0.2, 0.25) is 5.02 Å². The van der Waals surface area contributed by atoms with Crippen LogP contribution < -0.4 is 5.32 Å². The molecule has 4 nitrogen and oxygen atoms in total. The van der Waals surface area contributed by atoms with E-state index in [-0.39, 0.29) is 11.8 Å². The third-order valence-corrected chi connectivity index (χ3v) is 5.82. The molecule has 0 bridgehead atoms. The molecule has 1 aromatic heterocycles. The van der Waals surface area contributed by atoms with Crippen LogP contribution in [-0.2, 0) is 22.6 Å². The number of aryl methyl sites for hydroxylation is 2. The third-order valence-electron chi connectivity index (χ3n) is 5.57. The van der Waals surface area contributed by atoms with Crippen LogP contribution in [0.4, 0.5) is 0 Å². The fraction of sp³-hybridized carbons (Fsp3) is 0.238. The maximum atomic E-state index is 12.7. The lowest BCUT2D eigenvalue weighted by Gasteiger charge is -2.16. The van der Waals surface area contributed by atoms with Crippen molar-refractivity contribution in [1.82, 2.24) is 9.88 Å². The Morgan fingerprint density at radius 1 is 1.00 bits per heavy atom. The van der Waals surface area contributed by atoms with Gasteiger partial charge in [-0.15, -0.1) is 0 Å². The summed E-state index contributed by atoms with van der Waals surface area (Å²) in [6.07, 6.45) is 4.22. The van der Waals surface area contributed by atoms with Gasteiger partial charge in [0.25, 0.3) is 0 Å². The Bertz CT molecular complexity index is 1050. The van der Waals surface area contributed by atoms with E-state index in [4.69, 9.17) is 11.6 Å². The van der Waals surface area contributed by atoms with Crippen molar-refractivity contribution in [3.05, 3.63) is 70.4 Å². The van der Waals surface area contributed by atoms with Crippen LogP contribution in [0.25, 0.3) is 10.9 Å². The van der Waals surface area contributed by atoms with Crippen molar-refractivity contribution >= 4 is 34.3 Å². The maximum absolute atomic E-state index is 12.7. The van der Waals surface area contributed by atoms with Crippen molar-refractivity contribution in [1.29, 1.82) is 0 Å². The quantitative estimate of drug-likeness (QED) is 0.704. The fourth-order valence-electron chi connectivity index (χ4n) is 4.45. The van der Waals surface area contributed by atoms with Crippen LogP contribution in [0.15, 0.2) is 48.7 Å². The van der Waals surface area contributed by atoms with Gasteiger partial charge in [0.15, 0.2) is 0 Å². The molecule has 2 amide bonds. The van der Waals surface area contributed by atoms with Crippen LogP contribution >= 0.6 is 11.6 Å². The monoisotopic (exact) mass is 364 g/mol. The number of nitrogens with one attached hydrogen (secondary N) is 1. The number of imide groups is 1. The van der Waals surface area contributed by atoms with Crippen molar-refractivity contribution in [2.45, 2.75) is 31.2 Å². The van der Waals surface area contributed by atoms with Crippen LogP contribution in [0, 0.1) is 0 Å². The molecule has 26 heavy (non-hydrogen) atoms. The third kappa shape index (κ3) is 2.22. The van der Waals surface area contributed by atoms with E-state index < -0.39 is 11.8 Å².